The molecule has 3 heterocycles. The van der Waals surface area contributed by atoms with E-state index in [1.807, 2.05) is 60.7 Å². The number of nitrogens with one attached hydrogen (secondary N) is 1. The number of rotatable bonds is 6. The van der Waals surface area contributed by atoms with E-state index in [0.29, 0.717) is 35.7 Å². The van der Waals surface area contributed by atoms with Crippen LogP contribution < -0.4 is 16.8 Å². The molecule has 2 amide bonds. The van der Waals surface area contributed by atoms with Gasteiger partial charge >= 0.3 is 6.03 Å². The summed E-state index contributed by atoms with van der Waals surface area (Å²) >= 11 is 0. The number of nitriles is 1. The molecule has 10 heteroatoms. The third-order valence-electron chi connectivity index (χ3n) is 6.22. The molecule has 5 rings (SSSR count). The highest BCUT2D eigenvalue weighted by Crippen LogP contribution is 2.30. The van der Waals surface area contributed by atoms with Crippen LogP contribution in [0.3, 0.4) is 0 Å². The Bertz CT molecular complexity index is 1540. The number of imidazole rings is 1. The molecule has 2 aromatic carbocycles. The van der Waals surface area contributed by atoms with Gasteiger partial charge < -0.3 is 21.7 Å². The maximum atomic E-state index is 12.6. The van der Waals surface area contributed by atoms with Gasteiger partial charge in [0.25, 0.3) is 0 Å². The molecule has 10 nitrogen and oxygen atoms in total. The Balaban J connectivity index is 1.32. The number of carbonyl (C=O) groups excluding carboxylic acids is 1. The van der Waals surface area contributed by atoms with Crippen molar-refractivity contribution in [1.82, 2.24) is 19.5 Å². The molecule has 37 heavy (non-hydrogen) atoms. The van der Waals surface area contributed by atoms with Crippen molar-refractivity contribution in [2.45, 2.75) is 12.0 Å². The minimum absolute atomic E-state index is 0.178. The van der Waals surface area contributed by atoms with E-state index < -0.39 is 5.54 Å². The maximum Gasteiger partial charge on any atom is 0.322 e. The van der Waals surface area contributed by atoms with Crippen molar-refractivity contribution in [2.75, 3.05) is 24.1 Å². The number of para-hydroxylation sites is 1. The molecule has 1 fully saturated rings. The highest BCUT2D eigenvalue weighted by atomic mass is 16.2. The predicted molar refractivity (Wildman–Crippen MR) is 143 cm³/mol. The van der Waals surface area contributed by atoms with E-state index in [2.05, 4.69) is 21.5 Å². The van der Waals surface area contributed by atoms with Crippen molar-refractivity contribution in [1.29, 1.82) is 5.26 Å². The number of urea groups is 1. The molecule has 1 aliphatic rings. The van der Waals surface area contributed by atoms with Gasteiger partial charge in [-0.2, -0.15) is 10.4 Å². The highest BCUT2D eigenvalue weighted by Gasteiger charge is 2.45. The normalized spacial score (nSPS) is 14.9. The summed E-state index contributed by atoms with van der Waals surface area (Å²) in [5.41, 5.74) is 16.3. The fourth-order valence-electron chi connectivity index (χ4n) is 4.27. The molecule has 1 saturated heterocycles. The Hall–Kier alpha value is -5.17. The smallest absolute Gasteiger partial charge is 0.322 e. The van der Waals surface area contributed by atoms with Crippen molar-refractivity contribution in [2.24, 2.45) is 10.7 Å². The average Bonchev–Trinajstić information content (AvgIpc) is 3.31. The fraction of sp³-hybridized carbons (Fsp3) is 0.148. The van der Waals surface area contributed by atoms with Crippen molar-refractivity contribution in [3.63, 3.8) is 0 Å². The molecule has 0 unspecified atom stereocenters. The molecule has 4 aromatic rings. The predicted octanol–water partition coefficient (Wildman–Crippen LogP) is 3.55. The minimum Gasteiger partial charge on any atom is -0.404 e. The minimum atomic E-state index is -0.692. The summed E-state index contributed by atoms with van der Waals surface area (Å²) in [6.45, 7) is 0.656. The number of nitrogen functional groups attached to an aromatic ring is 1. The first kappa shape index (κ1) is 23.6. The standard InChI is InChI=1S/C27H25N9O/c28-10-9-27(17-35(18-27)26(37)34-23-7-2-1-3-8-23)32-14-21(13-29)20-12-25-31-16-24(36(25)33-15-20)19-5-4-6-22(30)11-19/h1-8,11-16H,9,17-18,29-30H2,(H,34,37). The number of benzene rings is 2. The van der Waals surface area contributed by atoms with E-state index in [1.54, 1.807) is 28.0 Å². The molecule has 0 bridgehead atoms. The first-order valence-electron chi connectivity index (χ1n) is 11.7. The zero-order valence-electron chi connectivity index (χ0n) is 20.0. The quantitative estimate of drug-likeness (QED) is 0.277. The number of aromatic nitrogens is 3. The lowest BCUT2D eigenvalue weighted by atomic mass is 9.87. The van der Waals surface area contributed by atoms with Gasteiger partial charge in [-0.3, -0.25) is 4.99 Å². The Kier molecular flexibility index (Phi) is 6.26. The summed E-state index contributed by atoms with van der Waals surface area (Å²) in [7, 11) is 0. The van der Waals surface area contributed by atoms with Gasteiger partial charge in [-0.1, -0.05) is 30.3 Å². The molecule has 5 N–H and O–H groups in total. The molecule has 1 aliphatic heterocycles. The van der Waals surface area contributed by atoms with Crippen molar-refractivity contribution in [3.05, 3.63) is 84.8 Å². The van der Waals surface area contributed by atoms with Crippen LogP contribution in [0.25, 0.3) is 22.5 Å². The number of fused-ring (bicyclic) bond motifs is 1. The topological polar surface area (TPSA) is 151 Å². The second-order valence-corrected chi connectivity index (χ2v) is 8.87. The van der Waals surface area contributed by atoms with Gasteiger partial charge in [-0.25, -0.2) is 14.3 Å². The lowest BCUT2D eigenvalue weighted by Crippen LogP contribution is -2.63. The second-order valence-electron chi connectivity index (χ2n) is 8.87. The number of nitrogens with zero attached hydrogens (tertiary/aromatic N) is 6. The average molecular weight is 492 g/mol. The lowest BCUT2D eigenvalue weighted by molar-refractivity contribution is 0.110. The maximum absolute atomic E-state index is 12.6. The van der Waals surface area contributed by atoms with Gasteiger partial charge in [0.2, 0.25) is 0 Å². The highest BCUT2D eigenvalue weighted by molar-refractivity contribution is 6.10. The van der Waals surface area contributed by atoms with E-state index in [-0.39, 0.29) is 12.5 Å². The van der Waals surface area contributed by atoms with Gasteiger partial charge in [0, 0.05) is 40.5 Å². The molecule has 0 saturated carbocycles. The number of aliphatic imine (C=N–C) groups is 1. The Morgan fingerprint density at radius 3 is 2.70 bits per heavy atom. The van der Waals surface area contributed by atoms with Gasteiger partial charge in [0.15, 0.2) is 5.65 Å². The van der Waals surface area contributed by atoms with Crippen molar-refractivity contribution < 1.29 is 4.79 Å². The number of hydrogen-bond donors (Lipinski definition) is 3. The molecule has 0 radical (unpaired) electrons. The molecule has 0 aliphatic carbocycles. The van der Waals surface area contributed by atoms with Crippen LogP contribution in [0.15, 0.2) is 84.2 Å². The summed E-state index contributed by atoms with van der Waals surface area (Å²) in [6, 6.07) is 20.6. The van der Waals surface area contributed by atoms with Crippen LogP contribution in [0.4, 0.5) is 16.2 Å². The number of hydrogen-bond acceptors (Lipinski definition) is 7. The Morgan fingerprint density at radius 2 is 1.97 bits per heavy atom. The molecule has 0 atom stereocenters. The van der Waals surface area contributed by atoms with E-state index in [4.69, 9.17) is 16.5 Å². The summed E-state index contributed by atoms with van der Waals surface area (Å²) < 4.78 is 1.73. The van der Waals surface area contributed by atoms with Crippen LogP contribution in [0.5, 0.6) is 0 Å². The third-order valence-corrected chi connectivity index (χ3v) is 6.22. The summed E-state index contributed by atoms with van der Waals surface area (Å²) in [5.74, 6) is 0. The molecule has 0 spiro atoms. The van der Waals surface area contributed by atoms with Gasteiger partial charge in [0.1, 0.15) is 5.54 Å². The Labute approximate surface area is 213 Å². The first-order chi connectivity index (χ1) is 18.0. The van der Waals surface area contributed by atoms with Gasteiger partial charge in [0.05, 0.1) is 43.7 Å². The van der Waals surface area contributed by atoms with Crippen molar-refractivity contribution >= 4 is 34.8 Å². The van der Waals surface area contributed by atoms with Crippen LogP contribution in [0.1, 0.15) is 12.0 Å². The lowest BCUT2D eigenvalue weighted by Gasteiger charge is -2.46. The number of anilines is 2. The SMILES string of the molecule is N#CCC1(N=CC(=CN)c2cnn3c(-c4cccc(N)c4)cnc3c2)CN(C(=O)Nc2ccccc2)C1. The monoisotopic (exact) mass is 491 g/mol. The molecular weight excluding hydrogens is 466 g/mol. The van der Waals surface area contributed by atoms with Crippen LogP contribution in [-0.4, -0.2) is 50.4 Å². The largest absolute Gasteiger partial charge is 0.404 e. The van der Waals surface area contributed by atoms with Crippen LogP contribution in [0.2, 0.25) is 0 Å². The van der Waals surface area contributed by atoms with Gasteiger partial charge in [-0.15, -0.1) is 0 Å². The van der Waals surface area contributed by atoms with Crippen molar-refractivity contribution in [3.8, 4) is 17.3 Å². The molecule has 2 aromatic heterocycles. The number of amides is 2. The van der Waals surface area contributed by atoms with Gasteiger partial charge in [-0.05, 0) is 30.3 Å². The summed E-state index contributed by atoms with van der Waals surface area (Å²) in [5, 5.41) is 16.8. The third kappa shape index (κ3) is 4.83. The number of carbonyl (C=O) groups is 1. The number of likely N-dealkylation sites (tertiary alicyclic amines) is 1. The van der Waals surface area contributed by atoms with E-state index >= 15 is 0 Å². The van der Waals surface area contributed by atoms with Crippen LogP contribution in [-0.2, 0) is 0 Å². The fourth-order valence-corrected chi connectivity index (χ4v) is 4.27. The zero-order chi connectivity index (χ0) is 25.8. The van der Waals surface area contributed by atoms with E-state index in [0.717, 1.165) is 16.8 Å². The molecular formula is C27H25N9O. The number of allylic oxidation sites excluding steroid dienone is 1. The second kappa shape index (κ2) is 9.83. The summed E-state index contributed by atoms with van der Waals surface area (Å²) in [6.07, 6.45) is 6.69. The molecule has 184 valence electrons. The zero-order valence-corrected chi connectivity index (χ0v) is 20.0. The first-order valence-corrected chi connectivity index (χ1v) is 11.7. The van der Waals surface area contributed by atoms with E-state index in [1.165, 1.54) is 6.20 Å². The number of nitrogens with two attached hydrogens (primary N) is 2. The van der Waals surface area contributed by atoms with E-state index in [9.17, 15) is 10.1 Å². The Morgan fingerprint density at radius 1 is 1.16 bits per heavy atom. The summed E-state index contributed by atoms with van der Waals surface area (Å²) in [4.78, 5) is 23.4. The van der Waals surface area contributed by atoms with Crippen LogP contribution >= 0.6 is 0 Å². The van der Waals surface area contributed by atoms with Crippen LogP contribution in [0, 0.1) is 11.3 Å².